The number of rotatable bonds is 9. The van der Waals surface area contributed by atoms with Gasteiger partial charge in [-0.1, -0.05) is 59.6 Å². The fourth-order valence-electron chi connectivity index (χ4n) is 4.32. The van der Waals surface area contributed by atoms with Gasteiger partial charge in [-0.2, -0.15) is 17.6 Å². The Morgan fingerprint density at radius 2 is 1.76 bits per heavy atom. The number of benzene rings is 3. The molecule has 6 nitrogen and oxygen atoms in total. The Kier molecular flexibility index (Phi) is 8.55. The van der Waals surface area contributed by atoms with Crippen molar-refractivity contribution < 1.29 is 36.5 Å². The van der Waals surface area contributed by atoms with E-state index in [1.165, 1.54) is 42.5 Å². The van der Waals surface area contributed by atoms with Crippen LogP contribution in [0.5, 0.6) is 11.5 Å². The van der Waals surface area contributed by atoms with Gasteiger partial charge in [0.1, 0.15) is 29.8 Å². The molecule has 2 heterocycles. The van der Waals surface area contributed by atoms with Gasteiger partial charge in [0.05, 0.1) is 24.5 Å². The van der Waals surface area contributed by atoms with Crippen LogP contribution in [0.15, 0.2) is 97.5 Å². The summed E-state index contributed by atoms with van der Waals surface area (Å²) in [6.45, 7) is 0.529. The third kappa shape index (κ3) is 6.84. The molecular weight excluding hydrogens is 587 g/mol. The summed E-state index contributed by atoms with van der Waals surface area (Å²) in [4.78, 5) is 4.06. The molecule has 1 aromatic heterocycles. The maximum absolute atomic E-state index is 14.6. The Morgan fingerprint density at radius 1 is 1.02 bits per heavy atom. The molecule has 0 aliphatic carbocycles. The lowest BCUT2D eigenvalue weighted by molar-refractivity contribution is -0.189. The molecule has 1 saturated heterocycles. The van der Waals surface area contributed by atoms with E-state index in [0.29, 0.717) is 21.4 Å². The van der Waals surface area contributed by atoms with Crippen molar-refractivity contribution in [1.29, 1.82) is 0 Å². The van der Waals surface area contributed by atoms with Crippen molar-refractivity contribution in [2.75, 3.05) is 13.2 Å². The molecule has 2 atom stereocenters. The van der Waals surface area contributed by atoms with Crippen molar-refractivity contribution in [2.24, 2.45) is 0 Å². The zero-order chi connectivity index (χ0) is 29.0. The second-order valence-electron chi connectivity index (χ2n) is 9.06. The number of nitrogens with zero attached hydrogens (tertiary/aromatic N) is 2. The van der Waals surface area contributed by atoms with Gasteiger partial charge < -0.3 is 23.5 Å². The number of halogens is 6. The number of alkyl halides is 3. The number of imidazole rings is 1. The average Bonchev–Trinajstić information content (AvgIpc) is 3.59. The Bertz CT molecular complexity index is 1500. The molecule has 2 unspecified atom stereocenters. The monoisotopic (exact) mass is 608 g/mol. The first-order valence-corrected chi connectivity index (χ1v) is 13.0. The van der Waals surface area contributed by atoms with Gasteiger partial charge >= 0.3 is 6.18 Å². The first-order valence-electron chi connectivity index (χ1n) is 12.3. The first-order chi connectivity index (χ1) is 19.6. The van der Waals surface area contributed by atoms with Gasteiger partial charge in [0.2, 0.25) is 5.79 Å². The zero-order valence-electron chi connectivity index (χ0n) is 21.2. The first kappa shape index (κ1) is 28.9. The van der Waals surface area contributed by atoms with E-state index in [2.05, 4.69) is 4.98 Å². The largest absolute Gasteiger partial charge is 0.491 e. The number of ether oxygens (including phenoxy) is 4. The van der Waals surface area contributed by atoms with Crippen LogP contribution < -0.4 is 9.47 Å². The van der Waals surface area contributed by atoms with Crippen molar-refractivity contribution in [3.63, 3.8) is 0 Å². The van der Waals surface area contributed by atoms with Crippen LogP contribution in [0.2, 0.25) is 10.0 Å². The molecule has 1 aliphatic heterocycles. The Labute approximate surface area is 242 Å². The molecular formula is C29H22Cl2F4N2O4. The molecule has 0 spiro atoms. The fourth-order valence-corrected chi connectivity index (χ4v) is 4.87. The molecule has 214 valence electrons. The maximum atomic E-state index is 14.6. The van der Waals surface area contributed by atoms with Crippen LogP contribution in [-0.2, 0) is 21.8 Å². The van der Waals surface area contributed by atoms with Crippen molar-refractivity contribution >= 4 is 28.8 Å². The van der Waals surface area contributed by atoms with Gasteiger partial charge in [0.15, 0.2) is 0 Å². The van der Waals surface area contributed by atoms with Crippen LogP contribution in [-0.4, -0.2) is 35.0 Å². The van der Waals surface area contributed by atoms with Gasteiger partial charge in [0.25, 0.3) is 6.01 Å². The van der Waals surface area contributed by atoms with Gasteiger partial charge in [-0.15, -0.1) is 0 Å². The third-order valence-corrected chi connectivity index (χ3v) is 6.71. The highest BCUT2D eigenvalue weighted by molar-refractivity contribution is 6.35. The molecule has 0 N–H and O–H groups in total. The average molecular weight is 609 g/mol. The van der Waals surface area contributed by atoms with Crippen LogP contribution in [0.4, 0.5) is 17.6 Å². The highest BCUT2D eigenvalue weighted by atomic mass is 35.5. The summed E-state index contributed by atoms with van der Waals surface area (Å²) < 4.78 is 80.2. The number of aromatic nitrogens is 2. The van der Waals surface area contributed by atoms with Gasteiger partial charge in [0, 0.05) is 23.0 Å². The molecule has 12 heteroatoms. The summed E-state index contributed by atoms with van der Waals surface area (Å²) in [7, 11) is 0. The molecule has 0 radical (unpaired) electrons. The van der Waals surface area contributed by atoms with E-state index in [-0.39, 0.29) is 31.1 Å². The molecule has 4 aromatic rings. The summed E-state index contributed by atoms with van der Waals surface area (Å²) in [6, 6.07) is 15.4. The Morgan fingerprint density at radius 3 is 2.41 bits per heavy atom. The Balaban J connectivity index is 1.26. The van der Waals surface area contributed by atoms with E-state index in [4.69, 9.17) is 42.1 Å². The Hall–Kier alpha value is -3.57. The molecule has 0 saturated carbocycles. The van der Waals surface area contributed by atoms with Crippen LogP contribution in [0.25, 0.3) is 5.57 Å². The number of hydrogen-bond donors (Lipinski definition) is 0. The maximum Gasteiger partial charge on any atom is 0.422 e. The highest BCUT2D eigenvalue weighted by Crippen LogP contribution is 2.41. The van der Waals surface area contributed by atoms with Gasteiger partial charge in [-0.3, -0.25) is 0 Å². The SMILES string of the molecule is F/C(Oc1ccc(OCC2COC(Cn3ccnc3)(c3ccc(Cl)cc3Cl)O2)cc1)=C(/c1ccccc1)C(F)(F)F. The second kappa shape index (κ2) is 12.1. The molecule has 3 aromatic carbocycles. The predicted octanol–water partition coefficient (Wildman–Crippen LogP) is 7.82. The molecule has 1 aliphatic rings. The van der Waals surface area contributed by atoms with Crippen molar-refractivity contribution in [2.45, 2.75) is 24.6 Å². The number of allylic oxidation sites excluding steroid dienone is 1. The summed E-state index contributed by atoms with van der Waals surface area (Å²) in [5, 5.41) is 0.837. The van der Waals surface area contributed by atoms with Crippen LogP contribution in [0, 0.1) is 0 Å². The summed E-state index contributed by atoms with van der Waals surface area (Å²) in [5.74, 6) is -1.00. The van der Waals surface area contributed by atoms with Crippen molar-refractivity contribution in [1.82, 2.24) is 9.55 Å². The van der Waals surface area contributed by atoms with E-state index >= 15 is 0 Å². The zero-order valence-corrected chi connectivity index (χ0v) is 22.7. The fraction of sp³-hybridized carbons (Fsp3) is 0.207. The standard InChI is InChI=1S/C29H22Cl2F4N2O4/c30-20-6-11-24(25(31)14-20)28(17-37-13-12-36-18-37)39-16-23(41-28)15-38-21-7-9-22(10-8-21)40-27(32)26(29(33,34)35)19-4-2-1-3-5-19/h1-14,18,23H,15-17H2/b27-26+. The van der Waals surface area contributed by atoms with E-state index in [9.17, 15) is 17.6 Å². The second-order valence-corrected chi connectivity index (χ2v) is 9.90. The van der Waals surface area contributed by atoms with Gasteiger partial charge in [-0.05, 0) is 42.0 Å². The van der Waals surface area contributed by atoms with Crippen molar-refractivity contribution in [3.05, 3.63) is 119 Å². The topological polar surface area (TPSA) is 54.7 Å². The molecule has 0 bridgehead atoms. The predicted molar refractivity (Wildman–Crippen MR) is 144 cm³/mol. The van der Waals surface area contributed by atoms with Crippen LogP contribution in [0.3, 0.4) is 0 Å². The minimum atomic E-state index is -4.96. The summed E-state index contributed by atoms with van der Waals surface area (Å²) >= 11 is 12.6. The molecule has 1 fully saturated rings. The lowest BCUT2D eigenvalue weighted by atomic mass is 10.1. The van der Waals surface area contributed by atoms with E-state index in [1.54, 1.807) is 41.5 Å². The lowest BCUT2D eigenvalue weighted by Gasteiger charge is -2.30. The van der Waals surface area contributed by atoms with E-state index in [0.717, 1.165) is 12.1 Å². The summed E-state index contributed by atoms with van der Waals surface area (Å²) in [5.41, 5.74) is -1.26. The number of hydrogen-bond acceptors (Lipinski definition) is 5. The van der Waals surface area contributed by atoms with E-state index in [1.807, 2.05) is 0 Å². The van der Waals surface area contributed by atoms with Crippen LogP contribution >= 0.6 is 23.2 Å². The quantitative estimate of drug-likeness (QED) is 0.143. The summed E-state index contributed by atoms with van der Waals surface area (Å²) in [6.07, 6.45) is -0.432. The van der Waals surface area contributed by atoms with E-state index < -0.39 is 29.7 Å². The third-order valence-electron chi connectivity index (χ3n) is 6.16. The highest BCUT2D eigenvalue weighted by Gasteiger charge is 2.45. The molecule has 5 rings (SSSR count). The van der Waals surface area contributed by atoms with Crippen LogP contribution in [0.1, 0.15) is 11.1 Å². The lowest BCUT2D eigenvalue weighted by Crippen LogP contribution is -2.34. The smallest absolute Gasteiger partial charge is 0.422 e. The molecule has 41 heavy (non-hydrogen) atoms. The normalized spacial score (nSPS) is 19.6. The minimum absolute atomic E-state index is 0.0809. The van der Waals surface area contributed by atoms with Crippen molar-refractivity contribution in [3.8, 4) is 11.5 Å². The minimum Gasteiger partial charge on any atom is -0.491 e. The van der Waals surface area contributed by atoms with Gasteiger partial charge in [-0.25, -0.2) is 4.98 Å². The molecule has 0 amide bonds.